The maximum Gasteiger partial charge on any atom is 0.278 e. The molecular weight excluding hydrogens is 609 g/mol. The van der Waals surface area contributed by atoms with E-state index in [1.165, 1.54) is 10.4 Å². The average molecular weight is 645 g/mol. The summed E-state index contributed by atoms with van der Waals surface area (Å²) < 4.78 is 5.11. The van der Waals surface area contributed by atoms with Gasteiger partial charge in [-0.05, 0) is 27.9 Å². The van der Waals surface area contributed by atoms with Gasteiger partial charge in [0.05, 0.1) is 24.5 Å². The number of halogens is 3. The number of rotatable bonds is 7. The Bertz CT molecular complexity index is 1370. The third-order valence-corrected chi connectivity index (χ3v) is 13.7. The summed E-state index contributed by atoms with van der Waals surface area (Å²) in [7, 11) is -2.88. The second-order valence-electron chi connectivity index (χ2n) is 11.8. The number of alkyl halides is 3. The van der Waals surface area contributed by atoms with E-state index in [0.29, 0.717) is 18.2 Å². The maximum absolute atomic E-state index is 12.9. The van der Waals surface area contributed by atoms with Crippen LogP contribution in [0.2, 0.25) is 5.04 Å². The fourth-order valence-electron chi connectivity index (χ4n) is 6.45. The summed E-state index contributed by atoms with van der Waals surface area (Å²) in [5.74, 6) is 0.147. The molecule has 42 heavy (non-hydrogen) atoms. The molecule has 3 heterocycles. The molecule has 1 amide bonds. The number of benzene rings is 2. The molecule has 0 unspecified atom stereocenters. The van der Waals surface area contributed by atoms with Crippen molar-refractivity contribution in [2.75, 3.05) is 6.61 Å². The molecule has 1 spiro atoms. The van der Waals surface area contributed by atoms with Crippen LogP contribution in [-0.4, -0.2) is 59.3 Å². The molecule has 2 aromatic rings. The Kier molecular flexibility index (Phi) is 8.33. The second kappa shape index (κ2) is 11.4. The Morgan fingerprint density at radius 1 is 1.12 bits per heavy atom. The van der Waals surface area contributed by atoms with Gasteiger partial charge in [0.15, 0.2) is 5.66 Å². The molecule has 5 rings (SSSR count). The highest BCUT2D eigenvalue weighted by Gasteiger charge is 2.60. The molecule has 3 aliphatic rings. The molecule has 222 valence electrons. The summed E-state index contributed by atoms with van der Waals surface area (Å²) in [4.78, 5) is 20.0. The largest absolute Gasteiger partial charge is 0.405 e. The Labute approximate surface area is 263 Å². The predicted octanol–water partition coefficient (Wildman–Crippen LogP) is 4.33. The number of nitrogens with zero attached hydrogens (tertiary/aromatic N) is 2. The summed E-state index contributed by atoms with van der Waals surface area (Å²) in [6, 6.07) is 20.0. The molecular formula is C31H36Cl3N5O2Si. The van der Waals surface area contributed by atoms with Crippen LogP contribution in [0.15, 0.2) is 103 Å². The van der Waals surface area contributed by atoms with E-state index in [4.69, 9.17) is 44.2 Å². The Balaban J connectivity index is 1.61. The normalized spacial score (nSPS) is 25.2. The molecule has 1 fully saturated rings. The quantitative estimate of drug-likeness (QED) is 0.238. The van der Waals surface area contributed by atoms with Crippen molar-refractivity contribution < 1.29 is 9.22 Å². The first kappa shape index (κ1) is 30.7. The van der Waals surface area contributed by atoms with Crippen molar-refractivity contribution >= 4 is 65.4 Å². The number of hydrogen-bond donors (Lipinski definition) is 3. The summed E-state index contributed by atoms with van der Waals surface area (Å²) >= 11 is 17.9. The van der Waals surface area contributed by atoms with Gasteiger partial charge in [0.2, 0.25) is 5.96 Å². The lowest BCUT2D eigenvalue weighted by Crippen LogP contribution is -2.72. The minimum atomic E-state index is -2.88. The van der Waals surface area contributed by atoms with Crippen molar-refractivity contribution in [3.63, 3.8) is 0 Å². The Morgan fingerprint density at radius 3 is 2.24 bits per heavy atom. The number of carbonyl (C=O) groups is 1. The fraction of sp³-hybridized carbons (Fsp3) is 0.355. The smallest absolute Gasteiger partial charge is 0.278 e. The lowest BCUT2D eigenvalue weighted by Gasteiger charge is -2.49. The van der Waals surface area contributed by atoms with Crippen LogP contribution < -0.4 is 26.3 Å². The monoisotopic (exact) mass is 643 g/mol. The van der Waals surface area contributed by atoms with Crippen LogP contribution in [0.3, 0.4) is 0 Å². The van der Waals surface area contributed by atoms with Crippen LogP contribution in [0.5, 0.6) is 0 Å². The number of aliphatic imine (C=N–C) groups is 1. The van der Waals surface area contributed by atoms with Gasteiger partial charge in [-0.2, -0.15) is 0 Å². The van der Waals surface area contributed by atoms with Crippen LogP contribution in [0.1, 0.15) is 27.2 Å². The summed E-state index contributed by atoms with van der Waals surface area (Å²) in [5, 5.41) is 11.9. The van der Waals surface area contributed by atoms with Gasteiger partial charge in [-0.25, -0.2) is 4.99 Å². The molecule has 7 nitrogen and oxygen atoms in total. The first-order valence-electron chi connectivity index (χ1n) is 13.9. The van der Waals surface area contributed by atoms with Crippen LogP contribution in [0.4, 0.5) is 0 Å². The molecule has 3 N–H and O–H groups in total. The molecule has 0 aliphatic carbocycles. The van der Waals surface area contributed by atoms with Crippen LogP contribution >= 0.6 is 34.8 Å². The first-order valence-corrected chi connectivity index (χ1v) is 16.9. The van der Waals surface area contributed by atoms with E-state index in [-0.39, 0.29) is 23.7 Å². The third-order valence-electron chi connectivity index (χ3n) is 8.14. The predicted molar refractivity (Wildman–Crippen MR) is 175 cm³/mol. The van der Waals surface area contributed by atoms with E-state index < -0.39 is 29.7 Å². The van der Waals surface area contributed by atoms with Crippen molar-refractivity contribution in [3.05, 3.63) is 97.9 Å². The molecule has 2 aromatic carbocycles. The number of nitrogens with one attached hydrogen (secondary N) is 3. The number of amides is 1. The fourth-order valence-corrected chi connectivity index (χ4v) is 11.2. The minimum Gasteiger partial charge on any atom is -0.405 e. The van der Waals surface area contributed by atoms with Crippen molar-refractivity contribution in [1.29, 1.82) is 0 Å². The van der Waals surface area contributed by atoms with Crippen LogP contribution in [0.25, 0.3) is 0 Å². The molecule has 1 saturated heterocycles. The standard InChI is InChI=1S/C31H36Cl3N5O2Si/c1-6-13-22-18-19-30-26(35-21(2)38-30)25(36-28(39(22)30)37-27(40)31(32,33)34)20-41-42(29(3,4)5,23-14-9-7-10-15-23)24-16-11-8-12-17-24/h6-12,14-19,22,25-26,35,38H,1-2,13,20H2,3-5H3,(H,36,37,40)/t22-,25-,26-,30+/m0/s1. The highest BCUT2D eigenvalue weighted by atomic mass is 35.6. The Morgan fingerprint density at radius 2 is 1.71 bits per heavy atom. The van der Waals surface area contributed by atoms with E-state index in [1.54, 1.807) is 0 Å². The molecule has 3 aliphatic heterocycles. The molecule has 4 atom stereocenters. The van der Waals surface area contributed by atoms with Gasteiger partial charge >= 0.3 is 0 Å². The summed E-state index contributed by atoms with van der Waals surface area (Å²) in [5.41, 5.74) is -0.776. The lowest BCUT2D eigenvalue weighted by atomic mass is 9.93. The van der Waals surface area contributed by atoms with Crippen molar-refractivity contribution in [3.8, 4) is 0 Å². The Hall–Kier alpha value is -2.75. The molecule has 0 saturated carbocycles. The van der Waals surface area contributed by atoms with Gasteiger partial charge in [-0.1, -0.05) is 135 Å². The van der Waals surface area contributed by atoms with Gasteiger partial charge in [-0.15, -0.1) is 6.58 Å². The number of hydrogen-bond acceptors (Lipinski definition) is 6. The molecule has 0 aromatic heterocycles. The number of carbonyl (C=O) groups excluding carboxylic acids is 1. The zero-order valence-corrected chi connectivity index (χ0v) is 27.2. The zero-order valence-electron chi connectivity index (χ0n) is 23.9. The average Bonchev–Trinajstić information content (AvgIpc) is 3.47. The van der Waals surface area contributed by atoms with Gasteiger partial charge < -0.3 is 20.0 Å². The highest BCUT2D eigenvalue weighted by molar-refractivity contribution is 6.99. The lowest BCUT2D eigenvalue weighted by molar-refractivity contribution is -0.119. The van der Waals surface area contributed by atoms with Crippen LogP contribution in [0, 0.1) is 0 Å². The van der Waals surface area contributed by atoms with Crippen molar-refractivity contribution in [2.24, 2.45) is 4.99 Å². The maximum atomic E-state index is 12.9. The first-order chi connectivity index (χ1) is 19.8. The molecule has 0 radical (unpaired) electrons. The summed E-state index contributed by atoms with van der Waals surface area (Å²) in [6.07, 6.45) is 6.60. The second-order valence-corrected chi connectivity index (χ2v) is 18.4. The van der Waals surface area contributed by atoms with E-state index in [0.717, 1.165) is 0 Å². The SMILES string of the molecule is C=CC[C@H]1C=C[C@]23NC(=C)N[C@H]2[C@H](CO[Si](c2ccccc2)(c2ccccc2)C(C)(C)C)N=C(NC(=O)C(Cl)(Cl)Cl)N13. The van der Waals surface area contributed by atoms with Crippen molar-refractivity contribution in [2.45, 2.75) is 59.8 Å². The van der Waals surface area contributed by atoms with Gasteiger partial charge in [0.1, 0.15) is 6.04 Å². The van der Waals surface area contributed by atoms with E-state index >= 15 is 0 Å². The highest BCUT2D eigenvalue weighted by Crippen LogP contribution is 2.41. The minimum absolute atomic E-state index is 0.141. The van der Waals surface area contributed by atoms with Crippen molar-refractivity contribution in [1.82, 2.24) is 20.9 Å². The van der Waals surface area contributed by atoms with E-state index in [2.05, 4.69) is 111 Å². The van der Waals surface area contributed by atoms with Gasteiger partial charge in [0.25, 0.3) is 18.0 Å². The van der Waals surface area contributed by atoms with Gasteiger partial charge in [-0.3, -0.25) is 10.1 Å². The topological polar surface area (TPSA) is 78.0 Å². The molecule has 11 heteroatoms. The number of guanidine groups is 1. The van der Waals surface area contributed by atoms with E-state index in [9.17, 15) is 4.79 Å². The van der Waals surface area contributed by atoms with E-state index in [1.807, 2.05) is 23.1 Å². The molecule has 0 bridgehead atoms. The van der Waals surface area contributed by atoms with Gasteiger partial charge in [0, 0.05) is 0 Å². The zero-order chi connectivity index (χ0) is 30.3. The third kappa shape index (κ3) is 5.28. The summed E-state index contributed by atoms with van der Waals surface area (Å²) in [6.45, 7) is 15.1. The van der Waals surface area contributed by atoms with Crippen LogP contribution in [-0.2, 0) is 9.22 Å².